The van der Waals surface area contributed by atoms with Crippen molar-refractivity contribution in [3.63, 3.8) is 0 Å². The lowest BCUT2D eigenvalue weighted by Crippen LogP contribution is -2.54. The molecule has 3 N–H and O–H groups in total. The van der Waals surface area contributed by atoms with Crippen LogP contribution in [0.4, 0.5) is 13.2 Å². The molecule has 5 rings (SSSR count). The molecule has 0 spiro atoms. The summed E-state index contributed by atoms with van der Waals surface area (Å²) in [6, 6.07) is 8.13. The summed E-state index contributed by atoms with van der Waals surface area (Å²) in [7, 11) is 0. The molecule has 4 nitrogen and oxygen atoms in total. The minimum atomic E-state index is -0.643. The maximum absolute atomic E-state index is 14.4. The third-order valence-electron chi connectivity index (χ3n) is 6.35. The molecule has 1 aliphatic heterocycles. The maximum atomic E-state index is 14.4. The van der Waals surface area contributed by atoms with E-state index in [1.165, 1.54) is 18.2 Å². The molecule has 0 unspecified atom stereocenters. The molecule has 156 valence electrons. The maximum Gasteiger partial charge on any atom is 0.237 e. The van der Waals surface area contributed by atoms with E-state index in [2.05, 4.69) is 15.6 Å². The molecule has 2 fully saturated rings. The summed E-state index contributed by atoms with van der Waals surface area (Å²) in [6.07, 6.45) is 2.50. The average molecular weight is 413 g/mol. The number of hydrogen-bond donors (Lipinski definition) is 3. The molecule has 3 aromatic rings. The smallest absolute Gasteiger partial charge is 0.237 e. The second-order valence-electron chi connectivity index (χ2n) is 8.31. The third kappa shape index (κ3) is 3.37. The zero-order chi connectivity index (χ0) is 20.8. The topological polar surface area (TPSA) is 56.9 Å². The van der Waals surface area contributed by atoms with Crippen molar-refractivity contribution < 1.29 is 18.0 Å². The quantitative estimate of drug-likeness (QED) is 0.587. The van der Waals surface area contributed by atoms with E-state index < -0.39 is 11.6 Å². The fourth-order valence-electron chi connectivity index (χ4n) is 4.53. The van der Waals surface area contributed by atoms with Crippen LogP contribution in [0, 0.1) is 23.4 Å². The second-order valence-corrected chi connectivity index (χ2v) is 8.31. The lowest BCUT2D eigenvalue weighted by molar-refractivity contribution is -0.125. The molecule has 1 aromatic heterocycles. The third-order valence-corrected chi connectivity index (χ3v) is 6.35. The average Bonchev–Trinajstić information content (AvgIpc) is 2.99. The van der Waals surface area contributed by atoms with E-state index in [0.717, 1.165) is 43.0 Å². The predicted molar refractivity (Wildman–Crippen MR) is 108 cm³/mol. The molecule has 1 aliphatic carbocycles. The molecule has 0 radical (unpaired) electrons. The van der Waals surface area contributed by atoms with Crippen molar-refractivity contribution in [1.82, 2.24) is 15.6 Å². The number of rotatable bonds is 5. The number of aromatic amines is 1. The molecule has 30 heavy (non-hydrogen) atoms. The Balaban J connectivity index is 1.41. The zero-order valence-corrected chi connectivity index (χ0v) is 16.3. The Morgan fingerprint density at radius 2 is 1.80 bits per heavy atom. The molecule has 2 heterocycles. The summed E-state index contributed by atoms with van der Waals surface area (Å²) in [5, 5.41) is 6.60. The largest absolute Gasteiger partial charge is 0.354 e. The van der Waals surface area contributed by atoms with Gasteiger partial charge in [0.15, 0.2) is 0 Å². The van der Waals surface area contributed by atoms with Crippen LogP contribution in [0.3, 0.4) is 0 Å². The first kappa shape index (κ1) is 19.2. The van der Waals surface area contributed by atoms with Crippen LogP contribution in [0.15, 0.2) is 36.4 Å². The van der Waals surface area contributed by atoms with Crippen molar-refractivity contribution in [2.24, 2.45) is 5.92 Å². The Morgan fingerprint density at radius 3 is 2.47 bits per heavy atom. The Kier molecular flexibility index (Phi) is 4.77. The van der Waals surface area contributed by atoms with Crippen molar-refractivity contribution in [2.45, 2.75) is 31.2 Å². The molecular formula is C23H22F3N3O. The highest BCUT2D eigenvalue weighted by molar-refractivity contribution is 5.92. The van der Waals surface area contributed by atoms with Crippen LogP contribution in [-0.2, 0) is 4.79 Å². The highest BCUT2D eigenvalue weighted by Gasteiger charge is 2.35. The van der Waals surface area contributed by atoms with Gasteiger partial charge < -0.3 is 15.6 Å². The van der Waals surface area contributed by atoms with Gasteiger partial charge in [0, 0.05) is 18.0 Å². The highest BCUT2D eigenvalue weighted by Crippen LogP contribution is 2.48. The van der Waals surface area contributed by atoms with Crippen LogP contribution in [0.25, 0.3) is 22.2 Å². The number of hydrogen-bond acceptors (Lipinski definition) is 2. The van der Waals surface area contributed by atoms with E-state index in [-0.39, 0.29) is 29.2 Å². The highest BCUT2D eigenvalue weighted by atomic mass is 19.1. The number of H-pyrrole nitrogens is 1. The van der Waals surface area contributed by atoms with Crippen molar-refractivity contribution in [1.29, 1.82) is 0 Å². The lowest BCUT2D eigenvalue weighted by atomic mass is 9.70. The van der Waals surface area contributed by atoms with E-state index in [1.54, 1.807) is 12.1 Å². The van der Waals surface area contributed by atoms with E-state index in [4.69, 9.17) is 0 Å². The standard InChI is InChI=1S/C23H22F3N3O/c24-15-3-1-13(2-4-15)21-20(17-9-16(25)10-18(26)22(17)29-21)14-7-12(8-14)11-28-23(30)19-5-6-27-19/h1-4,9-10,12,14,19,27,29H,5-8,11H2,(H,28,30)/t12?,14?,19-/m1/s1. The summed E-state index contributed by atoms with van der Waals surface area (Å²) in [4.78, 5) is 15.1. The Bertz CT molecular complexity index is 1100. The molecule has 0 bridgehead atoms. The fourth-order valence-corrected chi connectivity index (χ4v) is 4.53. The van der Waals surface area contributed by atoms with Gasteiger partial charge in [-0.25, -0.2) is 13.2 Å². The minimum Gasteiger partial charge on any atom is -0.354 e. The minimum absolute atomic E-state index is 0.0351. The number of halogens is 3. The molecule has 1 saturated heterocycles. The van der Waals surface area contributed by atoms with Gasteiger partial charge in [0.2, 0.25) is 5.91 Å². The van der Waals surface area contributed by atoms with Gasteiger partial charge in [0.1, 0.15) is 17.5 Å². The van der Waals surface area contributed by atoms with E-state index in [1.807, 2.05) is 0 Å². The SMILES string of the molecule is O=C(NCC1CC(c2c(-c3ccc(F)cc3)[nH]c3c(F)cc(F)cc23)C1)[C@H]1CCN1. The first-order chi connectivity index (χ1) is 14.5. The van der Waals surface area contributed by atoms with Crippen molar-refractivity contribution in [2.75, 3.05) is 13.1 Å². The zero-order valence-electron chi connectivity index (χ0n) is 16.3. The fraction of sp³-hybridized carbons (Fsp3) is 0.348. The van der Waals surface area contributed by atoms with Crippen molar-refractivity contribution in [3.05, 3.63) is 59.4 Å². The first-order valence-electron chi connectivity index (χ1n) is 10.3. The molecular weight excluding hydrogens is 391 g/mol. The van der Waals surface area contributed by atoms with Gasteiger partial charge in [-0.15, -0.1) is 0 Å². The number of benzene rings is 2. The van der Waals surface area contributed by atoms with Crippen molar-refractivity contribution in [3.8, 4) is 11.3 Å². The van der Waals surface area contributed by atoms with Crippen molar-refractivity contribution >= 4 is 16.8 Å². The number of carbonyl (C=O) groups excluding carboxylic acids is 1. The van der Waals surface area contributed by atoms with Gasteiger partial charge in [-0.05, 0) is 79.1 Å². The van der Waals surface area contributed by atoms with Gasteiger partial charge in [0.05, 0.1) is 17.3 Å². The molecule has 2 aromatic carbocycles. The summed E-state index contributed by atoms with van der Waals surface area (Å²) in [5.41, 5.74) is 2.55. The number of fused-ring (bicyclic) bond motifs is 1. The predicted octanol–water partition coefficient (Wildman–Crippen LogP) is 4.22. The number of amides is 1. The molecule has 1 amide bonds. The van der Waals surface area contributed by atoms with Gasteiger partial charge >= 0.3 is 0 Å². The first-order valence-corrected chi connectivity index (χ1v) is 10.3. The van der Waals surface area contributed by atoms with Gasteiger partial charge in [-0.3, -0.25) is 4.79 Å². The van der Waals surface area contributed by atoms with E-state index >= 15 is 0 Å². The Labute approximate surface area is 171 Å². The van der Waals surface area contributed by atoms with Gasteiger partial charge in [0.25, 0.3) is 0 Å². The van der Waals surface area contributed by atoms with Crippen LogP contribution >= 0.6 is 0 Å². The van der Waals surface area contributed by atoms with Crippen LogP contribution in [0.1, 0.15) is 30.7 Å². The molecule has 7 heteroatoms. The van der Waals surface area contributed by atoms with Crippen LogP contribution in [-0.4, -0.2) is 30.0 Å². The monoisotopic (exact) mass is 413 g/mol. The van der Waals surface area contributed by atoms with E-state index in [9.17, 15) is 18.0 Å². The lowest BCUT2D eigenvalue weighted by Gasteiger charge is -2.37. The van der Waals surface area contributed by atoms with Gasteiger partial charge in [-0.1, -0.05) is 0 Å². The van der Waals surface area contributed by atoms with Gasteiger partial charge in [-0.2, -0.15) is 0 Å². The van der Waals surface area contributed by atoms with Crippen LogP contribution < -0.4 is 10.6 Å². The second kappa shape index (κ2) is 7.47. The molecule has 1 atom stereocenters. The van der Waals surface area contributed by atoms with E-state index in [0.29, 0.717) is 23.5 Å². The molecule has 1 saturated carbocycles. The Hall–Kier alpha value is -2.80. The summed E-state index contributed by atoms with van der Waals surface area (Å²) in [5.74, 6) is -1.15. The normalized spacial score (nSPS) is 23.1. The summed E-state index contributed by atoms with van der Waals surface area (Å²) in [6.45, 7) is 1.48. The Morgan fingerprint density at radius 1 is 1.07 bits per heavy atom. The summed E-state index contributed by atoms with van der Waals surface area (Å²) >= 11 is 0. The van der Waals surface area contributed by atoms with Crippen LogP contribution in [0.5, 0.6) is 0 Å². The van der Waals surface area contributed by atoms with Crippen LogP contribution in [0.2, 0.25) is 0 Å². The number of nitrogens with one attached hydrogen (secondary N) is 3. The number of aromatic nitrogens is 1. The summed E-state index contributed by atoms with van der Waals surface area (Å²) < 4.78 is 41.8. The number of carbonyl (C=O) groups is 1. The molecule has 2 aliphatic rings.